The molecule has 6 heteroatoms. The largest absolute Gasteiger partial charge is 0.469 e. The van der Waals surface area contributed by atoms with Crippen LogP contribution in [0.25, 0.3) is 0 Å². The Hall–Kier alpha value is -1.40. The number of amides is 1. The lowest BCUT2D eigenvalue weighted by Gasteiger charge is -2.24. The van der Waals surface area contributed by atoms with Crippen molar-refractivity contribution >= 4 is 23.2 Å². The lowest BCUT2D eigenvalue weighted by molar-refractivity contribution is -0.145. The third-order valence-electron chi connectivity index (χ3n) is 3.04. The summed E-state index contributed by atoms with van der Waals surface area (Å²) in [5, 5.41) is 1.87. The van der Waals surface area contributed by atoms with E-state index in [1.165, 1.54) is 18.4 Å². The maximum atomic E-state index is 12.5. The summed E-state index contributed by atoms with van der Waals surface area (Å²) in [6.07, 6.45) is 0.749. The quantitative estimate of drug-likeness (QED) is 0.519. The lowest BCUT2D eigenvalue weighted by Crippen LogP contribution is -2.38. The van der Waals surface area contributed by atoms with E-state index in [0.717, 1.165) is 6.42 Å². The van der Waals surface area contributed by atoms with Crippen molar-refractivity contribution in [1.82, 2.24) is 4.90 Å². The van der Waals surface area contributed by atoms with Gasteiger partial charge in [0.1, 0.15) is 0 Å². The summed E-state index contributed by atoms with van der Waals surface area (Å²) in [5.41, 5.74) is 0. The Balaban J connectivity index is 2.65. The van der Waals surface area contributed by atoms with E-state index in [1.807, 2.05) is 18.4 Å². The molecule has 1 aromatic rings. The van der Waals surface area contributed by atoms with Gasteiger partial charge >= 0.3 is 5.97 Å². The van der Waals surface area contributed by atoms with Crippen LogP contribution in [0.15, 0.2) is 17.5 Å². The molecule has 0 aromatic carbocycles. The number of carbonyl (C=O) groups is 2. The van der Waals surface area contributed by atoms with Crippen LogP contribution in [-0.4, -0.2) is 50.2 Å². The molecule has 5 nitrogen and oxygen atoms in total. The summed E-state index contributed by atoms with van der Waals surface area (Å²) in [5.74, 6) is -0.688. The highest BCUT2D eigenvalue weighted by Crippen LogP contribution is 2.14. The van der Waals surface area contributed by atoms with Gasteiger partial charge in [0.2, 0.25) is 0 Å². The number of rotatable bonds is 9. The van der Waals surface area contributed by atoms with Gasteiger partial charge in [-0.2, -0.15) is 0 Å². The Morgan fingerprint density at radius 1 is 1.43 bits per heavy atom. The summed E-state index contributed by atoms with van der Waals surface area (Å²) in [6.45, 7) is 5.90. The van der Waals surface area contributed by atoms with Gasteiger partial charge in [-0.15, -0.1) is 11.3 Å². The topological polar surface area (TPSA) is 55.8 Å². The number of carbonyl (C=O) groups excluding carboxylic acids is 2. The monoisotopic (exact) mass is 313 g/mol. The minimum atomic E-state index is -0.342. The molecule has 1 rings (SSSR count). The SMILES string of the molecule is CCOCCCN(C[C@H](C)C(=O)OC)C(=O)c1cccs1. The van der Waals surface area contributed by atoms with Gasteiger partial charge in [-0.25, -0.2) is 0 Å². The predicted molar refractivity (Wildman–Crippen MR) is 82.5 cm³/mol. The molecule has 0 spiro atoms. The number of hydrogen-bond donors (Lipinski definition) is 0. The number of ether oxygens (including phenoxy) is 2. The van der Waals surface area contributed by atoms with Crippen molar-refractivity contribution in [2.45, 2.75) is 20.3 Å². The van der Waals surface area contributed by atoms with Crippen LogP contribution in [0.3, 0.4) is 0 Å². The highest BCUT2D eigenvalue weighted by Gasteiger charge is 2.22. The molecule has 118 valence electrons. The third-order valence-corrected chi connectivity index (χ3v) is 3.90. The van der Waals surface area contributed by atoms with E-state index in [0.29, 0.717) is 31.2 Å². The van der Waals surface area contributed by atoms with Crippen molar-refractivity contribution < 1.29 is 19.1 Å². The maximum absolute atomic E-state index is 12.5. The molecule has 0 fully saturated rings. The Bertz CT molecular complexity index is 433. The zero-order chi connectivity index (χ0) is 15.7. The molecule has 0 aliphatic heterocycles. The van der Waals surface area contributed by atoms with Crippen LogP contribution in [0, 0.1) is 5.92 Å². The van der Waals surface area contributed by atoms with Crippen LogP contribution in [0.4, 0.5) is 0 Å². The molecule has 0 unspecified atom stereocenters. The van der Waals surface area contributed by atoms with Crippen LogP contribution >= 0.6 is 11.3 Å². The minimum Gasteiger partial charge on any atom is -0.469 e. The first-order valence-electron chi connectivity index (χ1n) is 7.08. The van der Waals surface area contributed by atoms with Crippen molar-refractivity contribution in [3.05, 3.63) is 22.4 Å². The van der Waals surface area contributed by atoms with Crippen molar-refractivity contribution in [3.8, 4) is 0 Å². The van der Waals surface area contributed by atoms with Crippen LogP contribution in [0.1, 0.15) is 29.9 Å². The van der Waals surface area contributed by atoms with Gasteiger partial charge in [0.25, 0.3) is 5.91 Å². The van der Waals surface area contributed by atoms with E-state index in [-0.39, 0.29) is 17.8 Å². The number of nitrogens with zero attached hydrogens (tertiary/aromatic N) is 1. The second kappa shape index (κ2) is 9.52. The van der Waals surface area contributed by atoms with Gasteiger partial charge in [-0.3, -0.25) is 9.59 Å². The Morgan fingerprint density at radius 2 is 2.19 bits per heavy atom. The van der Waals surface area contributed by atoms with Gasteiger partial charge in [-0.1, -0.05) is 13.0 Å². The first kappa shape index (κ1) is 17.7. The fraction of sp³-hybridized carbons (Fsp3) is 0.600. The van der Waals surface area contributed by atoms with Gasteiger partial charge in [0.05, 0.1) is 17.9 Å². The predicted octanol–water partition coefficient (Wildman–Crippen LogP) is 2.43. The summed E-state index contributed by atoms with van der Waals surface area (Å²) in [6, 6.07) is 3.64. The molecular weight excluding hydrogens is 290 g/mol. The molecule has 0 radical (unpaired) electrons. The Kier molecular flexibility index (Phi) is 8.00. The number of thiophene rings is 1. The number of esters is 1. The first-order chi connectivity index (χ1) is 10.1. The average Bonchev–Trinajstić information content (AvgIpc) is 3.02. The van der Waals surface area contributed by atoms with Gasteiger partial charge in [0.15, 0.2) is 0 Å². The fourth-order valence-corrected chi connectivity index (χ4v) is 2.63. The normalized spacial score (nSPS) is 12.0. The van der Waals surface area contributed by atoms with Crippen molar-refractivity contribution in [2.75, 3.05) is 33.4 Å². The summed E-state index contributed by atoms with van der Waals surface area (Å²) < 4.78 is 10.0. The maximum Gasteiger partial charge on any atom is 0.310 e. The lowest BCUT2D eigenvalue weighted by atomic mass is 10.1. The van der Waals surface area contributed by atoms with Crippen LogP contribution < -0.4 is 0 Å². The average molecular weight is 313 g/mol. The van der Waals surface area contributed by atoms with E-state index in [1.54, 1.807) is 17.9 Å². The molecule has 0 bridgehead atoms. The van der Waals surface area contributed by atoms with Crippen molar-refractivity contribution in [3.63, 3.8) is 0 Å². The molecule has 21 heavy (non-hydrogen) atoms. The van der Waals surface area contributed by atoms with Crippen LogP contribution in [0.2, 0.25) is 0 Å². The summed E-state index contributed by atoms with van der Waals surface area (Å²) >= 11 is 1.41. The van der Waals surface area contributed by atoms with Gasteiger partial charge in [0, 0.05) is 26.3 Å². The van der Waals surface area contributed by atoms with Gasteiger partial charge in [-0.05, 0) is 24.8 Å². The summed E-state index contributed by atoms with van der Waals surface area (Å²) in [7, 11) is 1.36. The first-order valence-corrected chi connectivity index (χ1v) is 7.96. The van der Waals surface area contributed by atoms with Crippen molar-refractivity contribution in [2.24, 2.45) is 5.92 Å². The van der Waals surface area contributed by atoms with E-state index in [2.05, 4.69) is 0 Å². The van der Waals surface area contributed by atoms with E-state index >= 15 is 0 Å². The summed E-state index contributed by atoms with van der Waals surface area (Å²) in [4.78, 5) is 26.4. The molecule has 0 N–H and O–H groups in total. The molecule has 0 saturated heterocycles. The fourth-order valence-electron chi connectivity index (χ4n) is 1.94. The van der Waals surface area contributed by atoms with Crippen molar-refractivity contribution in [1.29, 1.82) is 0 Å². The third kappa shape index (κ3) is 5.85. The molecule has 1 heterocycles. The van der Waals surface area contributed by atoms with Crippen LogP contribution in [-0.2, 0) is 14.3 Å². The Morgan fingerprint density at radius 3 is 2.76 bits per heavy atom. The second-order valence-corrected chi connectivity index (χ2v) is 5.65. The van der Waals surface area contributed by atoms with E-state index in [4.69, 9.17) is 9.47 Å². The zero-order valence-corrected chi connectivity index (χ0v) is 13.6. The van der Waals surface area contributed by atoms with E-state index in [9.17, 15) is 9.59 Å². The molecule has 0 aliphatic carbocycles. The standard InChI is InChI=1S/C15H23NO4S/c1-4-20-9-6-8-16(11-12(2)15(18)19-3)14(17)13-7-5-10-21-13/h5,7,10,12H,4,6,8-9,11H2,1-3H3/t12-/m0/s1. The number of methoxy groups -OCH3 is 1. The van der Waals surface area contributed by atoms with Gasteiger partial charge < -0.3 is 14.4 Å². The second-order valence-electron chi connectivity index (χ2n) is 4.70. The molecule has 1 aromatic heterocycles. The van der Waals surface area contributed by atoms with Crippen LogP contribution in [0.5, 0.6) is 0 Å². The van der Waals surface area contributed by atoms with E-state index < -0.39 is 0 Å². The highest BCUT2D eigenvalue weighted by atomic mass is 32.1. The highest BCUT2D eigenvalue weighted by molar-refractivity contribution is 7.12. The zero-order valence-electron chi connectivity index (χ0n) is 12.8. The Labute approximate surface area is 129 Å². The minimum absolute atomic E-state index is 0.0442. The molecule has 0 saturated carbocycles. The molecule has 0 aliphatic rings. The molecule has 1 atom stereocenters. The molecule has 1 amide bonds. The number of hydrogen-bond acceptors (Lipinski definition) is 5. The molecular formula is C15H23NO4S. The smallest absolute Gasteiger partial charge is 0.310 e.